The Hall–Kier alpha value is -1.86. The minimum atomic E-state index is -6.18. The number of halogens is 3. The monoisotopic (exact) mass is 339 g/mol. The van der Waals surface area contributed by atoms with Crippen LogP contribution in [0.5, 0.6) is 0 Å². The highest BCUT2D eigenvalue weighted by Gasteiger charge is 2.56. The molecule has 0 amide bonds. The summed E-state index contributed by atoms with van der Waals surface area (Å²) in [5.74, 6) is 0. The normalized spacial score (nSPS) is 14.2. The van der Waals surface area contributed by atoms with Crippen molar-refractivity contribution in [3.05, 3.63) is 36.4 Å². The molecule has 0 aliphatic rings. The number of rotatable bonds is 4. The van der Waals surface area contributed by atoms with Gasteiger partial charge in [0.25, 0.3) is 14.4 Å². The van der Waals surface area contributed by atoms with E-state index < -0.39 is 34.7 Å². The van der Waals surface area contributed by atoms with Crippen LogP contribution >= 0.6 is 0 Å². The molecule has 21 heavy (non-hydrogen) atoms. The molecule has 10 heteroatoms. The molecule has 1 atom stereocenters. The number of benzene rings is 1. The van der Waals surface area contributed by atoms with Gasteiger partial charge in [-0.1, -0.05) is 24.8 Å². The lowest BCUT2D eigenvalue weighted by atomic mass is 10.2. The van der Waals surface area contributed by atoms with Crippen molar-refractivity contribution < 1.29 is 30.0 Å². The van der Waals surface area contributed by atoms with Crippen LogP contribution in [0, 0.1) is 11.3 Å². The smallest absolute Gasteiger partial charge is 0.221 e. The molecule has 0 saturated carbocycles. The Morgan fingerprint density at radius 1 is 1.14 bits per heavy atom. The Morgan fingerprint density at radius 3 is 1.95 bits per heavy atom. The molecule has 0 heterocycles. The molecular formula is C11H8F3NO4S2. The second kappa shape index (κ2) is 5.50. The third-order valence-corrected chi connectivity index (χ3v) is 6.87. The Morgan fingerprint density at radius 2 is 1.62 bits per heavy atom. The summed E-state index contributed by atoms with van der Waals surface area (Å²) in [7, 11) is -11.2. The summed E-state index contributed by atoms with van der Waals surface area (Å²) in [6.45, 7) is 3.40. The molecule has 0 fully saturated rings. The lowest BCUT2D eigenvalue weighted by Gasteiger charge is -2.14. The molecule has 0 bridgehead atoms. The van der Waals surface area contributed by atoms with Crippen LogP contribution in [0.4, 0.5) is 13.2 Å². The standard InChI is InChI=1S/C11H8F3NO4S2/c1-2-8-3-5-9(6-4-8)20(16,17)10(7-15)21(18,19)11(12,13)14/h2-6,10H,1H2. The quantitative estimate of drug-likeness (QED) is 0.835. The van der Waals surface area contributed by atoms with Crippen molar-refractivity contribution in [1.29, 1.82) is 5.26 Å². The molecule has 0 spiro atoms. The summed E-state index contributed by atoms with van der Waals surface area (Å²) in [5.41, 5.74) is -5.37. The van der Waals surface area contributed by atoms with E-state index in [4.69, 9.17) is 5.26 Å². The summed E-state index contributed by atoms with van der Waals surface area (Å²) in [6.07, 6.45) is 1.35. The average molecular weight is 339 g/mol. The maximum Gasteiger partial charge on any atom is 0.499 e. The largest absolute Gasteiger partial charge is 0.499 e. The third kappa shape index (κ3) is 3.08. The fraction of sp³-hybridized carbons (Fsp3) is 0.182. The van der Waals surface area contributed by atoms with E-state index in [0.717, 1.165) is 12.1 Å². The first kappa shape index (κ1) is 17.2. The van der Waals surface area contributed by atoms with E-state index in [2.05, 4.69) is 6.58 Å². The van der Waals surface area contributed by atoms with E-state index in [0.29, 0.717) is 11.6 Å². The van der Waals surface area contributed by atoms with Crippen LogP contribution in [0.2, 0.25) is 0 Å². The van der Waals surface area contributed by atoms with Crippen molar-refractivity contribution in [2.75, 3.05) is 0 Å². The van der Waals surface area contributed by atoms with Gasteiger partial charge in [0.05, 0.1) is 11.0 Å². The predicted molar refractivity (Wildman–Crippen MR) is 68.1 cm³/mol. The van der Waals surface area contributed by atoms with Crippen molar-refractivity contribution in [1.82, 2.24) is 0 Å². The number of hydrogen-bond donors (Lipinski definition) is 0. The van der Waals surface area contributed by atoms with Crippen LogP contribution in [-0.4, -0.2) is 26.9 Å². The van der Waals surface area contributed by atoms with Gasteiger partial charge >= 0.3 is 5.51 Å². The minimum absolute atomic E-state index is 0.473. The molecule has 0 N–H and O–H groups in total. The zero-order valence-electron chi connectivity index (χ0n) is 10.2. The summed E-state index contributed by atoms with van der Waals surface area (Å²) in [5, 5.41) is 8.60. The predicted octanol–water partition coefficient (Wildman–Crippen LogP) is 1.89. The lowest BCUT2D eigenvalue weighted by Crippen LogP contribution is -2.38. The van der Waals surface area contributed by atoms with Crippen LogP contribution in [0.3, 0.4) is 0 Å². The summed E-state index contributed by atoms with van der Waals surface area (Å²) < 4.78 is 80.2. The number of alkyl halides is 3. The van der Waals surface area contributed by atoms with Crippen LogP contribution in [0.15, 0.2) is 35.7 Å². The molecule has 1 aromatic carbocycles. The Balaban J connectivity index is 3.46. The van der Waals surface area contributed by atoms with Gasteiger partial charge in [0.1, 0.15) is 0 Å². The fourth-order valence-electron chi connectivity index (χ4n) is 1.34. The van der Waals surface area contributed by atoms with Crippen molar-refractivity contribution in [2.45, 2.75) is 15.0 Å². The third-order valence-electron chi connectivity index (χ3n) is 2.44. The van der Waals surface area contributed by atoms with Gasteiger partial charge in [0, 0.05) is 0 Å². The fourth-order valence-corrected chi connectivity index (χ4v) is 4.62. The van der Waals surface area contributed by atoms with Crippen molar-refractivity contribution in [3.63, 3.8) is 0 Å². The van der Waals surface area contributed by atoms with Crippen molar-refractivity contribution in [2.24, 2.45) is 0 Å². The molecule has 0 aliphatic carbocycles. The van der Waals surface area contributed by atoms with Crippen molar-refractivity contribution >= 4 is 25.8 Å². The van der Waals surface area contributed by atoms with Gasteiger partial charge in [-0.15, -0.1) is 0 Å². The van der Waals surface area contributed by atoms with Gasteiger partial charge in [-0.05, 0) is 17.7 Å². The van der Waals surface area contributed by atoms with Gasteiger partial charge < -0.3 is 0 Å². The molecule has 5 nitrogen and oxygen atoms in total. The molecule has 114 valence electrons. The van der Waals surface area contributed by atoms with E-state index in [-0.39, 0.29) is 0 Å². The summed E-state index contributed by atoms with van der Waals surface area (Å²) in [4.78, 5) is -0.701. The van der Waals surface area contributed by atoms with E-state index in [1.165, 1.54) is 18.2 Å². The SMILES string of the molecule is C=Cc1ccc(S(=O)(=O)C(C#N)S(=O)(=O)C(F)(F)F)cc1. The van der Waals surface area contributed by atoms with Crippen LogP contribution in [-0.2, 0) is 19.7 Å². The van der Waals surface area contributed by atoms with E-state index in [1.807, 2.05) is 0 Å². The van der Waals surface area contributed by atoms with Crippen molar-refractivity contribution in [3.8, 4) is 6.07 Å². The Labute approximate surface area is 119 Å². The van der Waals surface area contributed by atoms with Gasteiger partial charge in [-0.3, -0.25) is 0 Å². The zero-order valence-corrected chi connectivity index (χ0v) is 11.8. The molecule has 1 rings (SSSR count). The van der Waals surface area contributed by atoms with Crippen LogP contribution in [0.25, 0.3) is 6.08 Å². The summed E-state index contributed by atoms with van der Waals surface area (Å²) >= 11 is 0. The van der Waals surface area contributed by atoms with Crippen LogP contribution in [0.1, 0.15) is 5.56 Å². The Kier molecular flexibility index (Phi) is 4.50. The van der Waals surface area contributed by atoms with Gasteiger partial charge in [-0.2, -0.15) is 18.4 Å². The highest BCUT2D eigenvalue weighted by Crippen LogP contribution is 2.32. The molecule has 0 aromatic heterocycles. The second-order valence-electron chi connectivity index (χ2n) is 3.77. The first-order valence-electron chi connectivity index (χ1n) is 5.14. The summed E-state index contributed by atoms with van der Waals surface area (Å²) in [6, 6.07) is 4.94. The minimum Gasteiger partial charge on any atom is -0.221 e. The first-order chi connectivity index (χ1) is 9.48. The molecule has 1 aromatic rings. The number of hydrogen-bond acceptors (Lipinski definition) is 5. The van der Waals surface area contributed by atoms with Gasteiger partial charge in [-0.25, -0.2) is 16.8 Å². The number of nitrogens with zero attached hydrogens (tertiary/aromatic N) is 1. The maximum atomic E-state index is 12.4. The maximum absolute atomic E-state index is 12.4. The highest BCUT2D eigenvalue weighted by atomic mass is 32.3. The first-order valence-corrected chi connectivity index (χ1v) is 8.24. The molecule has 1 unspecified atom stereocenters. The second-order valence-corrected chi connectivity index (χ2v) is 8.13. The molecular weight excluding hydrogens is 331 g/mol. The average Bonchev–Trinajstić information content (AvgIpc) is 2.37. The van der Waals surface area contributed by atoms with E-state index >= 15 is 0 Å². The zero-order chi connectivity index (χ0) is 16.5. The highest BCUT2D eigenvalue weighted by molar-refractivity contribution is 8.09. The van der Waals surface area contributed by atoms with Gasteiger partial charge in [0.2, 0.25) is 9.84 Å². The lowest BCUT2D eigenvalue weighted by molar-refractivity contribution is -0.0435. The molecule has 0 radical (unpaired) electrons. The number of nitriles is 1. The van der Waals surface area contributed by atoms with Gasteiger partial charge in [0.15, 0.2) is 0 Å². The number of sulfone groups is 2. The molecule has 0 saturated heterocycles. The van der Waals surface area contributed by atoms with Crippen LogP contribution < -0.4 is 0 Å². The van der Waals surface area contributed by atoms with E-state index in [9.17, 15) is 30.0 Å². The Bertz CT molecular complexity index is 787. The molecule has 0 aliphatic heterocycles. The topological polar surface area (TPSA) is 92.1 Å². The van der Waals surface area contributed by atoms with E-state index in [1.54, 1.807) is 0 Å².